The average Bonchev–Trinajstić information content (AvgIpc) is 2.87. The summed E-state index contributed by atoms with van der Waals surface area (Å²) in [7, 11) is 0. The maximum absolute atomic E-state index is 6.45. The number of aromatic nitrogens is 1. The van der Waals surface area contributed by atoms with E-state index >= 15 is 0 Å². The van der Waals surface area contributed by atoms with E-state index in [9.17, 15) is 0 Å². The Morgan fingerprint density at radius 2 is 1.96 bits per heavy atom. The molecule has 0 unspecified atom stereocenters. The fourth-order valence-electron chi connectivity index (χ4n) is 3.06. The van der Waals surface area contributed by atoms with E-state index in [0.717, 1.165) is 40.8 Å². The van der Waals surface area contributed by atoms with E-state index < -0.39 is 0 Å². The van der Waals surface area contributed by atoms with Crippen LogP contribution >= 0.6 is 27.5 Å². The van der Waals surface area contributed by atoms with Crippen molar-refractivity contribution in [3.05, 3.63) is 57.0 Å². The van der Waals surface area contributed by atoms with Gasteiger partial charge in [-0.15, -0.1) is 0 Å². The van der Waals surface area contributed by atoms with Gasteiger partial charge in [0.2, 0.25) is 0 Å². The van der Waals surface area contributed by atoms with Gasteiger partial charge in [0.05, 0.1) is 10.5 Å². The molecule has 0 atom stereocenters. The van der Waals surface area contributed by atoms with Crippen molar-refractivity contribution < 1.29 is 0 Å². The van der Waals surface area contributed by atoms with E-state index in [4.69, 9.17) is 17.3 Å². The van der Waals surface area contributed by atoms with Gasteiger partial charge in [0, 0.05) is 21.1 Å². The number of nitrogens with two attached hydrogens (primary N) is 1. The van der Waals surface area contributed by atoms with Gasteiger partial charge in [-0.1, -0.05) is 51.8 Å². The summed E-state index contributed by atoms with van der Waals surface area (Å²) in [5.74, 6) is 0. The van der Waals surface area contributed by atoms with Crippen LogP contribution < -0.4 is 5.73 Å². The zero-order chi connectivity index (χ0) is 16.4. The maximum Gasteiger partial charge on any atom is 0.0658 e. The van der Waals surface area contributed by atoms with Crippen LogP contribution in [0.25, 0.3) is 22.2 Å². The van der Waals surface area contributed by atoms with Crippen molar-refractivity contribution in [2.45, 2.75) is 26.2 Å². The van der Waals surface area contributed by atoms with E-state index in [0.29, 0.717) is 0 Å². The second kappa shape index (κ2) is 7.08. The predicted molar refractivity (Wildman–Crippen MR) is 103 cm³/mol. The first-order valence-corrected chi connectivity index (χ1v) is 9.04. The molecule has 0 amide bonds. The molecule has 0 radical (unpaired) electrons. The summed E-state index contributed by atoms with van der Waals surface area (Å²) in [6.07, 6.45) is 3.10. The van der Waals surface area contributed by atoms with E-state index in [-0.39, 0.29) is 0 Å². The summed E-state index contributed by atoms with van der Waals surface area (Å²) in [5, 5.41) is 1.94. The standard InChI is InChI=1S/C19H20BrClN2/c1-12-6-2-3-7-14(12)18-15(8-4-5-9-22)16-10-13(20)11-17(21)19(16)23-18/h2-3,6-7,10-11,23H,4-5,8-9,22H2,1H3. The normalized spacial score (nSPS) is 11.3. The lowest BCUT2D eigenvalue weighted by Gasteiger charge is -2.08. The van der Waals surface area contributed by atoms with Crippen molar-refractivity contribution in [1.82, 2.24) is 4.98 Å². The highest BCUT2D eigenvalue weighted by Crippen LogP contribution is 2.37. The second-order valence-corrected chi connectivity index (χ2v) is 7.17. The summed E-state index contributed by atoms with van der Waals surface area (Å²) >= 11 is 10.0. The lowest BCUT2D eigenvalue weighted by atomic mass is 9.98. The van der Waals surface area contributed by atoms with Crippen molar-refractivity contribution in [2.75, 3.05) is 6.54 Å². The van der Waals surface area contributed by atoms with Crippen molar-refractivity contribution in [3.8, 4) is 11.3 Å². The highest BCUT2D eigenvalue weighted by molar-refractivity contribution is 9.10. The number of nitrogens with one attached hydrogen (secondary N) is 1. The molecule has 0 aliphatic rings. The summed E-state index contributed by atoms with van der Waals surface area (Å²) in [6, 6.07) is 12.5. The molecular formula is C19H20BrClN2. The number of fused-ring (bicyclic) bond motifs is 1. The van der Waals surface area contributed by atoms with Crippen molar-refractivity contribution in [3.63, 3.8) is 0 Å². The lowest BCUT2D eigenvalue weighted by Crippen LogP contribution is -1.99. The molecule has 0 bridgehead atoms. The Labute approximate surface area is 150 Å². The Morgan fingerprint density at radius 1 is 1.17 bits per heavy atom. The van der Waals surface area contributed by atoms with E-state index in [1.807, 2.05) is 6.07 Å². The monoisotopic (exact) mass is 390 g/mol. The number of rotatable bonds is 5. The highest BCUT2D eigenvalue weighted by Gasteiger charge is 2.16. The summed E-state index contributed by atoms with van der Waals surface area (Å²) in [4.78, 5) is 3.56. The number of unbranched alkanes of at least 4 members (excludes halogenated alkanes) is 1. The molecule has 0 aliphatic carbocycles. The molecule has 2 nitrogen and oxygen atoms in total. The molecule has 120 valence electrons. The summed E-state index contributed by atoms with van der Waals surface area (Å²) < 4.78 is 1.01. The van der Waals surface area contributed by atoms with Gasteiger partial charge in [0.1, 0.15) is 0 Å². The molecule has 3 N–H and O–H groups in total. The smallest absolute Gasteiger partial charge is 0.0658 e. The van der Waals surface area contributed by atoms with Crippen LogP contribution in [0.1, 0.15) is 24.0 Å². The number of H-pyrrole nitrogens is 1. The molecular weight excluding hydrogens is 372 g/mol. The van der Waals surface area contributed by atoms with Crippen LogP contribution in [0.15, 0.2) is 40.9 Å². The van der Waals surface area contributed by atoms with E-state index in [1.165, 1.54) is 27.8 Å². The molecule has 3 aromatic rings. The molecule has 1 heterocycles. The first-order chi connectivity index (χ1) is 11.1. The minimum absolute atomic E-state index is 0.729. The van der Waals surface area contributed by atoms with Gasteiger partial charge in [0.25, 0.3) is 0 Å². The van der Waals surface area contributed by atoms with Crippen molar-refractivity contribution in [1.29, 1.82) is 0 Å². The van der Waals surface area contributed by atoms with E-state index in [1.54, 1.807) is 0 Å². The Morgan fingerprint density at radius 3 is 2.70 bits per heavy atom. The Balaban J connectivity index is 2.21. The first-order valence-electron chi connectivity index (χ1n) is 7.87. The molecule has 23 heavy (non-hydrogen) atoms. The van der Waals surface area contributed by atoms with Crippen LogP contribution in [0.4, 0.5) is 0 Å². The van der Waals surface area contributed by atoms with E-state index in [2.05, 4.69) is 58.2 Å². The van der Waals surface area contributed by atoms with Crippen LogP contribution in [-0.4, -0.2) is 11.5 Å². The third-order valence-electron chi connectivity index (χ3n) is 4.23. The van der Waals surface area contributed by atoms with Crippen LogP contribution in [0, 0.1) is 6.92 Å². The van der Waals surface area contributed by atoms with Gasteiger partial charge in [-0.2, -0.15) is 0 Å². The second-order valence-electron chi connectivity index (χ2n) is 5.85. The molecule has 0 fully saturated rings. The molecule has 0 saturated carbocycles. The number of hydrogen-bond acceptors (Lipinski definition) is 1. The van der Waals surface area contributed by atoms with Gasteiger partial charge in [-0.3, -0.25) is 0 Å². The summed E-state index contributed by atoms with van der Waals surface area (Å²) in [5.41, 5.74) is 11.7. The van der Waals surface area contributed by atoms with Gasteiger partial charge in [0.15, 0.2) is 0 Å². The number of hydrogen-bond donors (Lipinski definition) is 2. The third kappa shape index (κ3) is 3.32. The van der Waals surface area contributed by atoms with Crippen molar-refractivity contribution in [2.24, 2.45) is 5.73 Å². The minimum Gasteiger partial charge on any atom is -0.353 e. The van der Waals surface area contributed by atoms with Crippen LogP contribution in [0.3, 0.4) is 0 Å². The number of benzene rings is 2. The summed E-state index contributed by atoms with van der Waals surface area (Å²) in [6.45, 7) is 2.87. The average molecular weight is 392 g/mol. The zero-order valence-corrected chi connectivity index (χ0v) is 15.5. The van der Waals surface area contributed by atoms with Crippen LogP contribution in [-0.2, 0) is 6.42 Å². The molecule has 2 aromatic carbocycles. The quantitative estimate of drug-likeness (QED) is 0.527. The zero-order valence-electron chi connectivity index (χ0n) is 13.1. The van der Waals surface area contributed by atoms with Crippen LogP contribution in [0.5, 0.6) is 0 Å². The SMILES string of the molecule is Cc1ccccc1-c1[nH]c2c(Cl)cc(Br)cc2c1CCCCN. The topological polar surface area (TPSA) is 41.8 Å². The molecule has 1 aromatic heterocycles. The van der Waals surface area contributed by atoms with Crippen LogP contribution in [0.2, 0.25) is 5.02 Å². The molecule has 0 saturated heterocycles. The number of halogens is 2. The van der Waals surface area contributed by atoms with Gasteiger partial charge < -0.3 is 10.7 Å². The first kappa shape index (κ1) is 16.6. The lowest BCUT2D eigenvalue weighted by molar-refractivity contribution is 0.748. The Bertz CT molecular complexity index is 839. The largest absolute Gasteiger partial charge is 0.353 e. The third-order valence-corrected chi connectivity index (χ3v) is 4.98. The molecule has 0 spiro atoms. The minimum atomic E-state index is 0.729. The van der Waals surface area contributed by atoms with Crippen molar-refractivity contribution >= 4 is 38.4 Å². The van der Waals surface area contributed by atoms with Gasteiger partial charge in [-0.05, 0) is 56.0 Å². The molecule has 3 rings (SSSR count). The van der Waals surface area contributed by atoms with Gasteiger partial charge >= 0.3 is 0 Å². The molecule has 4 heteroatoms. The maximum atomic E-state index is 6.45. The highest BCUT2D eigenvalue weighted by atomic mass is 79.9. The fraction of sp³-hybridized carbons (Fsp3) is 0.263. The van der Waals surface area contributed by atoms with Gasteiger partial charge in [-0.25, -0.2) is 0 Å². The Kier molecular flexibility index (Phi) is 5.10. The fourth-order valence-corrected chi connectivity index (χ4v) is 3.92. The number of aryl methyl sites for hydroxylation is 2. The Hall–Kier alpha value is -1.29. The predicted octanol–water partition coefficient (Wildman–Crippen LogP) is 5.84. The number of aromatic amines is 1. The molecule has 0 aliphatic heterocycles.